The number of hydrogen-bond donors (Lipinski definition) is 0. The topological polar surface area (TPSA) is 68.6 Å². The van der Waals surface area contributed by atoms with Crippen LogP contribution in [0.25, 0.3) is 0 Å². The van der Waals surface area contributed by atoms with Gasteiger partial charge in [-0.25, -0.2) is 0 Å². The molecule has 0 aliphatic carbocycles. The fourth-order valence-corrected chi connectivity index (χ4v) is 2.88. The smallest absolute Gasteiger partial charge is 0.309 e. The Morgan fingerprint density at radius 3 is 2.64 bits per heavy atom. The van der Waals surface area contributed by atoms with Crippen LogP contribution >= 0.6 is 15.9 Å². The number of pyridine rings is 1. The molecular formula is C15H19BrN2O4. The van der Waals surface area contributed by atoms with Crippen LogP contribution in [-0.4, -0.2) is 41.0 Å². The number of halogens is 1. The van der Waals surface area contributed by atoms with E-state index in [9.17, 15) is 14.4 Å². The molecule has 120 valence electrons. The minimum Gasteiger partial charge on any atom is -0.466 e. The Balaban J connectivity index is 1.91. The van der Waals surface area contributed by atoms with Gasteiger partial charge in [-0.15, -0.1) is 0 Å². The molecule has 0 spiro atoms. The second-order valence-electron chi connectivity index (χ2n) is 5.22. The van der Waals surface area contributed by atoms with Crippen LogP contribution in [0, 0.1) is 5.92 Å². The Kier molecular flexibility index (Phi) is 5.76. The van der Waals surface area contributed by atoms with E-state index in [-0.39, 0.29) is 29.9 Å². The van der Waals surface area contributed by atoms with Gasteiger partial charge in [0.15, 0.2) is 0 Å². The second kappa shape index (κ2) is 7.58. The standard InChI is InChI=1S/C15H19BrN2O4/c1-2-22-15(21)11-5-7-17(8-6-11)14(20)10-18-9-12(16)3-4-13(18)19/h3-4,9,11H,2,5-8,10H2,1H3. The predicted molar refractivity (Wildman–Crippen MR) is 84.3 cm³/mol. The van der Waals surface area contributed by atoms with Crippen molar-refractivity contribution >= 4 is 27.8 Å². The van der Waals surface area contributed by atoms with Crippen molar-refractivity contribution in [1.82, 2.24) is 9.47 Å². The molecule has 1 aliphatic heterocycles. The number of amides is 1. The Hall–Kier alpha value is -1.63. The number of likely N-dealkylation sites (tertiary alicyclic amines) is 1. The predicted octanol–water partition coefficient (Wildman–Crippen LogP) is 1.41. The highest BCUT2D eigenvalue weighted by Gasteiger charge is 2.28. The zero-order valence-corrected chi connectivity index (χ0v) is 14.0. The molecule has 22 heavy (non-hydrogen) atoms. The van der Waals surface area contributed by atoms with Crippen LogP contribution in [0.5, 0.6) is 0 Å². The molecule has 0 N–H and O–H groups in total. The van der Waals surface area contributed by atoms with E-state index in [0.29, 0.717) is 32.5 Å². The number of nitrogens with zero attached hydrogens (tertiary/aromatic N) is 2. The molecule has 2 heterocycles. The van der Waals surface area contributed by atoms with Crippen LogP contribution in [0.15, 0.2) is 27.6 Å². The molecule has 0 radical (unpaired) electrons. The van der Waals surface area contributed by atoms with Crippen molar-refractivity contribution in [2.45, 2.75) is 26.3 Å². The summed E-state index contributed by atoms with van der Waals surface area (Å²) in [7, 11) is 0. The molecule has 7 heteroatoms. The minimum absolute atomic E-state index is 0.0162. The summed E-state index contributed by atoms with van der Waals surface area (Å²) in [5.74, 6) is -0.419. The molecule has 0 atom stereocenters. The van der Waals surface area contributed by atoms with Gasteiger partial charge >= 0.3 is 5.97 Å². The molecule has 1 amide bonds. The van der Waals surface area contributed by atoms with Crippen LogP contribution in [0.1, 0.15) is 19.8 Å². The van der Waals surface area contributed by atoms with E-state index in [2.05, 4.69) is 15.9 Å². The van der Waals surface area contributed by atoms with Crippen molar-refractivity contribution in [1.29, 1.82) is 0 Å². The number of carbonyl (C=O) groups is 2. The molecule has 0 bridgehead atoms. The van der Waals surface area contributed by atoms with Gasteiger partial charge in [-0.1, -0.05) is 0 Å². The third-order valence-electron chi connectivity index (χ3n) is 3.72. The van der Waals surface area contributed by atoms with E-state index in [1.165, 1.54) is 10.6 Å². The van der Waals surface area contributed by atoms with E-state index in [4.69, 9.17) is 4.74 Å². The van der Waals surface area contributed by atoms with E-state index in [0.717, 1.165) is 4.47 Å². The average Bonchev–Trinajstić information content (AvgIpc) is 2.51. The van der Waals surface area contributed by atoms with Crippen molar-refractivity contribution in [3.8, 4) is 0 Å². The van der Waals surface area contributed by atoms with Gasteiger partial charge in [0, 0.05) is 29.8 Å². The van der Waals surface area contributed by atoms with Crippen LogP contribution in [-0.2, 0) is 20.9 Å². The molecule has 0 unspecified atom stereocenters. The molecule has 6 nitrogen and oxygen atoms in total. The van der Waals surface area contributed by atoms with Crippen molar-refractivity contribution in [2.24, 2.45) is 5.92 Å². The minimum atomic E-state index is -0.210. The maximum absolute atomic E-state index is 12.3. The molecule has 1 fully saturated rings. The number of esters is 1. The molecule has 1 aliphatic rings. The van der Waals surface area contributed by atoms with Crippen molar-refractivity contribution in [3.63, 3.8) is 0 Å². The summed E-state index contributed by atoms with van der Waals surface area (Å²) in [6.45, 7) is 3.22. The lowest BCUT2D eigenvalue weighted by molar-refractivity contribution is -0.151. The normalized spacial score (nSPS) is 15.6. The molecule has 2 rings (SSSR count). The van der Waals surface area contributed by atoms with Gasteiger partial charge in [0.25, 0.3) is 5.56 Å². The van der Waals surface area contributed by atoms with Gasteiger partial charge in [-0.05, 0) is 41.8 Å². The zero-order chi connectivity index (χ0) is 16.1. The van der Waals surface area contributed by atoms with Crippen molar-refractivity contribution < 1.29 is 14.3 Å². The molecule has 1 aromatic rings. The maximum atomic E-state index is 12.3. The molecule has 0 aromatic carbocycles. The van der Waals surface area contributed by atoms with E-state index >= 15 is 0 Å². The number of hydrogen-bond acceptors (Lipinski definition) is 4. The number of ether oxygens (including phenoxy) is 1. The fraction of sp³-hybridized carbons (Fsp3) is 0.533. The summed E-state index contributed by atoms with van der Waals surface area (Å²) in [5.41, 5.74) is -0.210. The summed E-state index contributed by atoms with van der Waals surface area (Å²) in [6, 6.07) is 3.07. The molecular weight excluding hydrogens is 352 g/mol. The molecule has 1 saturated heterocycles. The SMILES string of the molecule is CCOC(=O)C1CCN(C(=O)Cn2cc(Br)ccc2=O)CC1. The summed E-state index contributed by atoms with van der Waals surface area (Å²) in [5, 5.41) is 0. The maximum Gasteiger partial charge on any atom is 0.309 e. The third-order valence-corrected chi connectivity index (χ3v) is 4.19. The number of carbonyl (C=O) groups excluding carboxylic acids is 2. The van der Waals surface area contributed by atoms with Crippen LogP contribution in [0.2, 0.25) is 0 Å². The van der Waals surface area contributed by atoms with Crippen LogP contribution < -0.4 is 5.56 Å². The van der Waals surface area contributed by atoms with Crippen LogP contribution in [0.3, 0.4) is 0 Å². The van der Waals surface area contributed by atoms with Crippen LogP contribution in [0.4, 0.5) is 0 Å². The monoisotopic (exact) mass is 370 g/mol. The zero-order valence-electron chi connectivity index (χ0n) is 12.5. The average molecular weight is 371 g/mol. The Labute approximate surface area is 137 Å². The van der Waals surface area contributed by atoms with Crippen molar-refractivity contribution in [2.75, 3.05) is 19.7 Å². The fourth-order valence-electron chi connectivity index (χ4n) is 2.50. The number of rotatable bonds is 4. The summed E-state index contributed by atoms with van der Waals surface area (Å²) in [4.78, 5) is 37.4. The molecule has 0 saturated carbocycles. The van der Waals surface area contributed by atoms with Crippen molar-refractivity contribution in [3.05, 3.63) is 33.2 Å². The highest BCUT2D eigenvalue weighted by Crippen LogP contribution is 2.19. The first-order valence-electron chi connectivity index (χ1n) is 7.31. The van der Waals surface area contributed by atoms with Gasteiger partial charge < -0.3 is 14.2 Å². The molecule has 1 aromatic heterocycles. The second-order valence-corrected chi connectivity index (χ2v) is 6.14. The third kappa shape index (κ3) is 4.19. The lowest BCUT2D eigenvalue weighted by atomic mass is 9.97. The summed E-state index contributed by atoms with van der Waals surface area (Å²) < 4.78 is 7.14. The Bertz CT molecular complexity index is 606. The quantitative estimate of drug-likeness (QED) is 0.751. The number of piperidine rings is 1. The number of aromatic nitrogens is 1. The first-order valence-corrected chi connectivity index (χ1v) is 8.11. The van der Waals surface area contributed by atoms with Gasteiger partial charge in [-0.3, -0.25) is 14.4 Å². The van der Waals surface area contributed by atoms with Gasteiger partial charge in [0.05, 0.1) is 12.5 Å². The first-order chi connectivity index (χ1) is 10.5. The van der Waals surface area contributed by atoms with Gasteiger partial charge in [0.1, 0.15) is 6.54 Å². The first kappa shape index (κ1) is 16.7. The lowest BCUT2D eigenvalue weighted by Gasteiger charge is -2.31. The largest absolute Gasteiger partial charge is 0.466 e. The van der Waals surface area contributed by atoms with E-state index < -0.39 is 0 Å². The highest BCUT2D eigenvalue weighted by atomic mass is 79.9. The van der Waals surface area contributed by atoms with E-state index in [1.807, 2.05) is 0 Å². The summed E-state index contributed by atoms with van der Waals surface area (Å²) in [6.07, 6.45) is 2.82. The Morgan fingerprint density at radius 1 is 1.32 bits per heavy atom. The van der Waals surface area contributed by atoms with Gasteiger partial charge in [0.2, 0.25) is 5.91 Å². The summed E-state index contributed by atoms with van der Waals surface area (Å²) >= 11 is 3.28. The Morgan fingerprint density at radius 2 is 2.00 bits per heavy atom. The van der Waals surface area contributed by atoms with E-state index in [1.54, 1.807) is 24.1 Å². The highest BCUT2D eigenvalue weighted by molar-refractivity contribution is 9.10. The lowest BCUT2D eigenvalue weighted by Crippen LogP contribution is -2.43. The van der Waals surface area contributed by atoms with Gasteiger partial charge in [-0.2, -0.15) is 0 Å².